The molecule has 0 aliphatic rings. The van der Waals surface area contributed by atoms with Crippen LogP contribution in [0.4, 0.5) is 0 Å². The minimum Gasteiger partial charge on any atom is -0.415 e. The molecule has 0 saturated heterocycles. The molecule has 0 spiro atoms. The minimum absolute atomic E-state index is 0.0135. The van der Waals surface area contributed by atoms with Crippen molar-refractivity contribution in [2.24, 2.45) is 5.11 Å². The molecule has 0 rings (SSSR count). The molecule has 0 aromatic heterocycles. The maximum atomic E-state index is 11.7. The Morgan fingerprint density at radius 1 is 1.43 bits per heavy atom. The Balaban J connectivity index is 3.93. The number of carbonyl (C=O) groups excluding carboxylic acids is 1. The average molecular weight is 315 g/mol. The first-order valence-corrected chi connectivity index (χ1v) is 10.5. The summed E-state index contributed by atoms with van der Waals surface area (Å²) in [6, 6.07) is -0.0933. The van der Waals surface area contributed by atoms with E-state index in [-0.39, 0.29) is 17.0 Å². The highest BCUT2D eigenvalue weighted by molar-refractivity contribution is 6.74. The second kappa shape index (κ2) is 9.07. The summed E-state index contributed by atoms with van der Waals surface area (Å²) in [6.07, 6.45) is 1.74. The lowest BCUT2D eigenvalue weighted by Crippen LogP contribution is -2.42. The van der Waals surface area contributed by atoms with Crippen LogP contribution in [0, 0.1) is 0 Å². The van der Waals surface area contributed by atoms with Crippen molar-refractivity contribution < 1.29 is 9.22 Å². The van der Waals surface area contributed by atoms with Gasteiger partial charge in [0.1, 0.15) is 0 Å². The van der Waals surface area contributed by atoms with Crippen LogP contribution in [0.3, 0.4) is 0 Å². The maximum Gasteiger partial charge on any atom is 0.220 e. The van der Waals surface area contributed by atoms with Crippen LogP contribution in [-0.2, 0) is 9.22 Å². The van der Waals surface area contributed by atoms with Crippen molar-refractivity contribution in [3.63, 3.8) is 0 Å². The Labute approximate surface area is 129 Å². The van der Waals surface area contributed by atoms with Gasteiger partial charge in [-0.25, -0.2) is 0 Å². The third kappa shape index (κ3) is 8.09. The van der Waals surface area contributed by atoms with Crippen molar-refractivity contribution in [2.75, 3.05) is 13.2 Å². The number of rotatable bonds is 9. The van der Waals surface area contributed by atoms with Gasteiger partial charge in [0.15, 0.2) is 8.32 Å². The predicted octanol–water partition coefficient (Wildman–Crippen LogP) is 3.99. The van der Waals surface area contributed by atoms with E-state index < -0.39 is 8.32 Å². The number of azide groups is 1. The zero-order chi connectivity index (χ0) is 16.5. The van der Waals surface area contributed by atoms with Gasteiger partial charge in [0.25, 0.3) is 0 Å². The fourth-order valence-electron chi connectivity index (χ4n) is 1.52. The molecule has 0 aromatic rings. The van der Waals surface area contributed by atoms with Crippen molar-refractivity contribution in [1.29, 1.82) is 0 Å². The fourth-order valence-corrected chi connectivity index (χ4v) is 2.56. The number of hydrogen-bond acceptors (Lipinski definition) is 3. The summed E-state index contributed by atoms with van der Waals surface area (Å²) in [6.45, 7) is 14.0. The molecular formula is C14H30N4O2Si. The van der Waals surface area contributed by atoms with Gasteiger partial charge in [-0.1, -0.05) is 32.8 Å². The van der Waals surface area contributed by atoms with Crippen LogP contribution in [0.2, 0.25) is 18.1 Å². The van der Waals surface area contributed by atoms with Crippen molar-refractivity contribution in [1.82, 2.24) is 5.32 Å². The Hall–Kier alpha value is -1.04. The maximum absolute atomic E-state index is 11.7. The lowest BCUT2D eigenvalue weighted by Gasteiger charge is -2.36. The van der Waals surface area contributed by atoms with Crippen molar-refractivity contribution >= 4 is 14.2 Å². The average Bonchev–Trinajstić information content (AvgIpc) is 2.38. The highest BCUT2D eigenvalue weighted by Crippen LogP contribution is 2.36. The summed E-state index contributed by atoms with van der Waals surface area (Å²) < 4.78 is 5.99. The van der Waals surface area contributed by atoms with Crippen molar-refractivity contribution in [2.45, 2.75) is 71.1 Å². The molecule has 0 aromatic carbocycles. The fraction of sp³-hybridized carbons (Fsp3) is 0.929. The Kier molecular flexibility index (Phi) is 8.62. The summed E-state index contributed by atoms with van der Waals surface area (Å²) >= 11 is 0. The van der Waals surface area contributed by atoms with Gasteiger partial charge in [-0.15, -0.1) is 0 Å². The highest BCUT2D eigenvalue weighted by atomic mass is 28.4. The monoisotopic (exact) mass is 314 g/mol. The molecule has 0 fully saturated rings. The number of nitrogens with zero attached hydrogens (tertiary/aromatic N) is 3. The molecule has 122 valence electrons. The van der Waals surface area contributed by atoms with E-state index in [2.05, 4.69) is 49.2 Å². The number of carbonyl (C=O) groups is 1. The lowest BCUT2D eigenvalue weighted by atomic mass is 10.1. The number of nitrogens with one attached hydrogen (secondary N) is 1. The zero-order valence-electron chi connectivity index (χ0n) is 14.3. The predicted molar refractivity (Wildman–Crippen MR) is 88.6 cm³/mol. The Bertz CT molecular complexity index is 374. The topological polar surface area (TPSA) is 87.1 Å². The van der Waals surface area contributed by atoms with Gasteiger partial charge in [-0.2, -0.15) is 0 Å². The van der Waals surface area contributed by atoms with Gasteiger partial charge < -0.3 is 9.74 Å². The second-order valence-electron chi connectivity index (χ2n) is 6.76. The first-order valence-electron chi connectivity index (χ1n) is 7.59. The van der Waals surface area contributed by atoms with Gasteiger partial charge >= 0.3 is 0 Å². The van der Waals surface area contributed by atoms with E-state index in [4.69, 9.17) is 9.96 Å². The molecule has 0 saturated carbocycles. The van der Waals surface area contributed by atoms with Gasteiger partial charge in [-0.3, -0.25) is 4.79 Å². The molecule has 0 heterocycles. The third-order valence-corrected chi connectivity index (χ3v) is 8.62. The van der Waals surface area contributed by atoms with Crippen molar-refractivity contribution in [3.05, 3.63) is 10.4 Å². The summed E-state index contributed by atoms with van der Waals surface area (Å²) in [5, 5.41) is 6.68. The van der Waals surface area contributed by atoms with Crippen LogP contribution >= 0.6 is 0 Å². The first kappa shape index (κ1) is 20.0. The smallest absolute Gasteiger partial charge is 0.220 e. The number of hydrogen-bond donors (Lipinski definition) is 1. The molecule has 1 unspecified atom stereocenters. The SMILES string of the molecule is CCC(CCC(=O)NCCO[Si](C)(C)C(C)(C)C)N=[N+]=[N-]. The molecule has 0 aliphatic carbocycles. The van der Waals surface area contributed by atoms with Crippen LogP contribution in [0.15, 0.2) is 5.11 Å². The van der Waals surface area contributed by atoms with Crippen LogP contribution < -0.4 is 5.32 Å². The highest BCUT2D eigenvalue weighted by Gasteiger charge is 2.36. The normalized spacial score (nSPS) is 13.4. The van der Waals surface area contributed by atoms with E-state index in [0.29, 0.717) is 26.0 Å². The van der Waals surface area contributed by atoms with Crippen LogP contribution in [0.25, 0.3) is 10.4 Å². The summed E-state index contributed by atoms with van der Waals surface area (Å²) in [4.78, 5) is 14.5. The standard InChI is InChI=1S/C14H30N4O2Si/c1-7-12(17-18-15)8-9-13(19)16-10-11-20-21(5,6)14(2,3)4/h12H,7-11H2,1-6H3,(H,16,19). The minimum atomic E-state index is -1.74. The third-order valence-electron chi connectivity index (χ3n) is 4.08. The molecule has 0 aliphatic heterocycles. The molecule has 21 heavy (non-hydrogen) atoms. The van der Waals surface area contributed by atoms with Gasteiger partial charge in [0.2, 0.25) is 5.91 Å². The lowest BCUT2D eigenvalue weighted by molar-refractivity contribution is -0.121. The van der Waals surface area contributed by atoms with Crippen LogP contribution in [0.1, 0.15) is 47.0 Å². The summed E-state index contributed by atoms with van der Waals surface area (Å²) in [7, 11) is -1.74. The first-order chi connectivity index (χ1) is 9.64. The van der Waals surface area contributed by atoms with Crippen molar-refractivity contribution in [3.8, 4) is 0 Å². The van der Waals surface area contributed by atoms with E-state index in [1.807, 2.05) is 6.92 Å². The van der Waals surface area contributed by atoms with Gasteiger partial charge in [0.05, 0.1) is 6.61 Å². The van der Waals surface area contributed by atoms with E-state index in [1.165, 1.54) is 0 Å². The molecule has 0 bridgehead atoms. The van der Waals surface area contributed by atoms with Crippen LogP contribution in [-0.4, -0.2) is 33.4 Å². The van der Waals surface area contributed by atoms with E-state index in [0.717, 1.165) is 6.42 Å². The van der Waals surface area contributed by atoms with E-state index in [9.17, 15) is 4.79 Å². The van der Waals surface area contributed by atoms with Crippen LogP contribution in [0.5, 0.6) is 0 Å². The van der Waals surface area contributed by atoms with Gasteiger partial charge in [0, 0.05) is 23.9 Å². The molecule has 1 N–H and O–H groups in total. The summed E-state index contributed by atoms with van der Waals surface area (Å²) in [5.74, 6) is -0.0135. The molecule has 1 amide bonds. The summed E-state index contributed by atoms with van der Waals surface area (Å²) in [5.41, 5.74) is 8.39. The molecular weight excluding hydrogens is 284 g/mol. The second-order valence-corrected chi connectivity index (χ2v) is 11.6. The molecule has 1 atom stereocenters. The molecule has 7 heteroatoms. The zero-order valence-corrected chi connectivity index (χ0v) is 15.3. The largest absolute Gasteiger partial charge is 0.415 e. The molecule has 6 nitrogen and oxygen atoms in total. The van der Waals surface area contributed by atoms with E-state index >= 15 is 0 Å². The Morgan fingerprint density at radius 2 is 2.05 bits per heavy atom. The molecule has 0 radical (unpaired) electrons. The van der Waals surface area contributed by atoms with E-state index in [1.54, 1.807) is 0 Å². The number of amides is 1. The Morgan fingerprint density at radius 3 is 2.52 bits per heavy atom. The van der Waals surface area contributed by atoms with Gasteiger partial charge in [-0.05, 0) is 36.5 Å². The quantitative estimate of drug-likeness (QED) is 0.229.